The largest absolute Gasteiger partial charge is 0.352 e. The molecule has 24 heavy (non-hydrogen) atoms. The number of carbonyl (C=O) groups is 1. The molecule has 0 saturated carbocycles. The summed E-state index contributed by atoms with van der Waals surface area (Å²) < 4.78 is 0. The molecule has 2 fully saturated rings. The van der Waals surface area contributed by atoms with E-state index in [0.29, 0.717) is 5.92 Å². The maximum absolute atomic E-state index is 12.6. The summed E-state index contributed by atoms with van der Waals surface area (Å²) in [5, 5.41) is 3.19. The Kier molecular flexibility index (Phi) is 5.88. The number of rotatable bonds is 4. The topological polar surface area (TPSA) is 32.3 Å². The van der Waals surface area contributed by atoms with Crippen LogP contribution in [0.1, 0.15) is 46.3 Å². The molecule has 1 amide bonds. The molecule has 3 rings (SSSR count). The van der Waals surface area contributed by atoms with E-state index in [9.17, 15) is 4.79 Å². The van der Waals surface area contributed by atoms with Gasteiger partial charge in [0.2, 0.25) is 0 Å². The van der Waals surface area contributed by atoms with Crippen molar-refractivity contribution in [2.24, 2.45) is 5.92 Å². The molecule has 2 aliphatic rings. The highest BCUT2D eigenvalue weighted by molar-refractivity contribution is 7.99. The van der Waals surface area contributed by atoms with Crippen LogP contribution in [0, 0.1) is 26.7 Å². The second-order valence-corrected chi connectivity index (χ2v) is 8.63. The van der Waals surface area contributed by atoms with Crippen molar-refractivity contribution in [2.75, 3.05) is 31.1 Å². The predicted octanol–water partition coefficient (Wildman–Crippen LogP) is 3.56. The lowest BCUT2D eigenvalue weighted by atomic mass is 9.94. The van der Waals surface area contributed by atoms with Gasteiger partial charge < -0.3 is 5.32 Å². The predicted molar refractivity (Wildman–Crippen MR) is 103 cm³/mol. The Morgan fingerprint density at radius 3 is 2.42 bits per heavy atom. The number of likely N-dealkylation sites (tertiary alicyclic amines) is 1. The quantitative estimate of drug-likeness (QED) is 0.905. The van der Waals surface area contributed by atoms with Gasteiger partial charge in [0.05, 0.1) is 0 Å². The number of piperidine rings is 1. The molecule has 0 bridgehead atoms. The number of benzene rings is 1. The number of amides is 1. The fourth-order valence-corrected chi connectivity index (χ4v) is 5.45. The average Bonchev–Trinajstić information content (AvgIpc) is 3.07. The Morgan fingerprint density at radius 1 is 1.17 bits per heavy atom. The zero-order valence-electron chi connectivity index (χ0n) is 15.2. The average molecular weight is 347 g/mol. The van der Waals surface area contributed by atoms with Gasteiger partial charge in [-0.25, -0.2) is 0 Å². The van der Waals surface area contributed by atoms with Crippen LogP contribution in [0.3, 0.4) is 0 Å². The van der Waals surface area contributed by atoms with Gasteiger partial charge in [-0.15, -0.1) is 0 Å². The van der Waals surface area contributed by atoms with Crippen LogP contribution in [-0.4, -0.2) is 48.0 Å². The van der Waals surface area contributed by atoms with Crippen LogP contribution in [0.2, 0.25) is 0 Å². The van der Waals surface area contributed by atoms with E-state index in [-0.39, 0.29) is 5.91 Å². The molecule has 0 spiro atoms. The third kappa shape index (κ3) is 4.15. The van der Waals surface area contributed by atoms with Gasteiger partial charge in [-0.3, -0.25) is 9.69 Å². The number of hydrogen-bond donors (Lipinski definition) is 1. The van der Waals surface area contributed by atoms with E-state index in [1.54, 1.807) is 0 Å². The lowest BCUT2D eigenvalue weighted by Crippen LogP contribution is -2.43. The van der Waals surface area contributed by atoms with E-state index in [2.05, 4.69) is 41.0 Å². The van der Waals surface area contributed by atoms with Gasteiger partial charge in [0.15, 0.2) is 0 Å². The molecule has 1 N–H and O–H groups in total. The molecule has 2 aliphatic heterocycles. The van der Waals surface area contributed by atoms with E-state index in [0.717, 1.165) is 29.3 Å². The molecule has 1 aromatic carbocycles. The van der Waals surface area contributed by atoms with Crippen molar-refractivity contribution < 1.29 is 4.79 Å². The highest BCUT2D eigenvalue weighted by atomic mass is 32.2. The summed E-state index contributed by atoms with van der Waals surface area (Å²) >= 11 is 2.09. The Labute approximate surface area is 150 Å². The fourth-order valence-electron chi connectivity index (χ4n) is 4.20. The maximum atomic E-state index is 12.6. The molecule has 0 aromatic heterocycles. The monoisotopic (exact) mass is 346 g/mol. The summed E-state index contributed by atoms with van der Waals surface area (Å²) in [6, 6.07) is 5.00. The first kappa shape index (κ1) is 17.8. The second-order valence-electron chi connectivity index (χ2n) is 7.48. The summed E-state index contributed by atoms with van der Waals surface area (Å²) in [7, 11) is 0. The van der Waals surface area contributed by atoms with Crippen molar-refractivity contribution in [3.63, 3.8) is 0 Å². The van der Waals surface area contributed by atoms with Gasteiger partial charge in [-0.1, -0.05) is 17.7 Å². The van der Waals surface area contributed by atoms with Gasteiger partial charge in [0, 0.05) is 23.9 Å². The highest BCUT2D eigenvalue weighted by Crippen LogP contribution is 2.26. The van der Waals surface area contributed by atoms with Crippen LogP contribution in [-0.2, 0) is 0 Å². The zero-order valence-corrected chi connectivity index (χ0v) is 16.0. The lowest BCUT2D eigenvalue weighted by Gasteiger charge is -2.35. The van der Waals surface area contributed by atoms with Crippen LogP contribution >= 0.6 is 11.8 Å². The highest BCUT2D eigenvalue weighted by Gasteiger charge is 2.27. The minimum atomic E-state index is 0.0969. The van der Waals surface area contributed by atoms with Crippen molar-refractivity contribution in [1.82, 2.24) is 10.2 Å². The minimum Gasteiger partial charge on any atom is -0.352 e. The number of nitrogens with zero attached hydrogens (tertiary/aromatic N) is 1. The molecule has 2 heterocycles. The number of aryl methyl sites for hydroxylation is 3. The van der Waals surface area contributed by atoms with Gasteiger partial charge in [-0.05, 0) is 75.9 Å². The van der Waals surface area contributed by atoms with Gasteiger partial charge >= 0.3 is 0 Å². The Balaban J connectivity index is 1.49. The fraction of sp³-hybridized carbons (Fsp3) is 0.650. The lowest BCUT2D eigenvalue weighted by molar-refractivity contribution is 0.0927. The smallest absolute Gasteiger partial charge is 0.251 e. The number of thioether (sulfide) groups is 1. The van der Waals surface area contributed by atoms with Crippen LogP contribution in [0.5, 0.6) is 0 Å². The summed E-state index contributed by atoms with van der Waals surface area (Å²) in [6.45, 7) is 9.37. The molecule has 4 heteroatoms. The molecule has 1 atom stereocenters. The zero-order chi connectivity index (χ0) is 17.1. The maximum Gasteiger partial charge on any atom is 0.251 e. The van der Waals surface area contributed by atoms with E-state index in [1.165, 1.54) is 49.4 Å². The number of nitrogens with one attached hydrogen (secondary N) is 1. The first-order valence-corrected chi connectivity index (χ1v) is 10.4. The van der Waals surface area contributed by atoms with E-state index < -0.39 is 0 Å². The summed E-state index contributed by atoms with van der Waals surface area (Å²) in [4.78, 5) is 15.3. The molecule has 0 radical (unpaired) electrons. The van der Waals surface area contributed by atoms with Crippen molar-refractivity contribution >= 4 is 17.7 Å². The van der Waals surface area contributed by atoms with Gasteiger partial charge in [0.1, 0.15) is 0 Å². The molecule has 132 valence electrons. The van der Waals surface area contributed by atoms with Crippen molar-refractivity contribution in [3.8, 4) is 0 Å². The summed E-state index contributed by atoms with van der Waals surface area (Å²) in [6.07, 6.45) is 3.79. The third-order valence-electron chi connectivity index (χ3n) is 5.53. The minimum absolute atomic E-state index is 0.0969. The van der Waals surface area contributed by atoms with Crippen LogP contribution in [0.25, 0.3) is 0 Å². The Hall–Kier alpha value is -1.00. The van der Waals surface area contributed by atoms with Crippen LogP contribution < -0.4 is 5.32 Å². The summed E-state index contributed by atoms with van der Waals surface area (Å²) in [5.74, 6) is 3.37. The molecule has 0 unspecified atom stereocenters. The Morgan fingerprint density at radius 2 is 1.83 bits per heavy atom. The summed E-state index contributed by atoms with van der Waals surface area (Å²) in [5.41, 5.74) is 4.25. The van der Waals surface area contributed by atoms with E-state index >= 15 is 0 Å². The molecule has 2 saturated heterocycles. The standard InChI is InChI=1S/C20H30N2OS/c1-14-10-15(2)19(16(3)11-14)20(23)21-12-17-4-7-22(8-5-17)18-6-9-24-13-18/h10-11,17-18H,4-9,12-13H2,1-3H3,(H,21,23)/t18-/m0/s1. The van der Waals surface area contributed by atoms with Crippen LogP contribution in [0.4, 0.5) is 0 Å². The van der Waals surface area contributed by atoms with E-state index in [1.807, 2.05) is 13.8 Å². The number of carbonyl (C=O) groups excluding carboxylic acids is 1. The normalized spacial score (nSPS) is 22.7. The van der Waals surface area contributed by atoms with Crippen molar-refractivity contribution in [1.29, 1.82) is 0 Å². The van der Waals surface area contributed by atoms with Crippen LogP contribution in [0.15, 0.2) is 12.1 Å². The second kappa shape index (κ2) is 7.92. The molecular weight excluding hydrogens is 316 g/mol. The number of hydrogen-bond acceptors (Lipinski definition) is 3. The van der Waals surface area contributed by atoms with Crippen molar-refractivity contribution in [2.45, 2.75) is 46.1 Å². The van der Waals surface area contributed by atoms with Gasteiger partial charge in [-0.2, -0.15) is 11.8 Å². The first-order chi connectivity index (χ1) is 11.5. The SMILES string of the molecule is Cc1cc(C)c(C(=O)NCC2CCN([C@H]3CCSC3)CC2)c(C)c1. The Bertz CT molecular complexity index is 564. The molecular formula is C20H30N2OS. The first-order valence-electron chi connectivity index (χ1n) is 9.22. The van der Waals surface area contributed by atoms with E-state index in [4.69, 9.17) is 0 Å². The van der Waals surface area contributed by atoms with Gasteiger partial charge in [0.25, 0.3) is 5.91 Å². The van der Waals surface area contributed by atoms with Crippen molar-refractivity contribution in [3.05, 3.63) is 34.4 Å². The third-order valence-corrected chi connectivity index (χ3v) is 6.67. The molecule has 3 nitrogen and oxygen atoms in total. The molecule has 0 aliphatic carbocycles. The molecule has 1 aromatic rings.